The van der Waals surface area contributed by atoms with Gasteiger partial charge in [0.05, 0.1) is 11.5 Å². The van der Waals surface area contributed by atoms with E-state index < -0.39 is 9.84 Å². The van der Waals surface area contributed by atoms with Crippen LogP contribution in [0.25, 0.3) is 0 Å². The van der Waals surface area contributed by atoms with E-state index in [1.807, 2.05) is 36.9 Å². The van der Waals surface area contributed by atoms with Crippen molar-refractivity contribution in [1.82, 2.24) is 4.90 Å². The Balaban J connectivity index is 1.84. The number of carbonyl (C=O) groups is 1. The van der Waals surface area contributed by atoms with Gasteiger partial charge in [-0.15, -0.1) is 11.8 Å². The molecule has 1 aromatic carbocycles. The van der Waals surface area contributed by atoms with E-state index >= 15 is 0 Å². The Hall–Kier alpha value is -1.01. The molecular formula is C17H25NO3S2. The molecule has 0 bridgehead atoms. The number of benzene rings is 1. The highest BCUT2D eigenvalue weighted by molar-refractivity contribution is 7.99. The summed E-state index contributed by atoms with van der Waals surface area (Å²) in [6.45, 7) is 4.71. The molecule has 1 amide bonds. The van der Waals surface area contributed by atoms with Crippen molar-refractivity contribution in [1.29, 1.82) is 0 Å². The van der Waals surface area contributed by atoms with Crippen molar-refractivity contribution in [3.8, 4) is 0 Å². The summed E-state index contributed by atoms with van der Waals surface area (Å²) >= 11 is 1.74. The van der Waals surface area contributed by atoms with Gasteiger partial charge in [0.1, 0.15) is 0 Å². The fraction of sp³-hybridized carbons (Fsp3) is 0.588. The molecule has 0 N–H and O–H groups in total. The molecule has 1 saturated heterocycles. The molecule has 1 fully saturated rings. The highest BCUT2D eigenvalue weighted by Gasteiger charge is 2.31. The first-order valence-corrected chi connectivity index (χ1v) is 10.9. The van der Waals surface area contributed by atoms with Gasteiger partial charge < -0.3 is 4.90 Å². The minimum Gasteiger partial charge on any atom is -0.339 e. The predicted octanol–water partition coefficient (Wildman–Crippen LogP) is 2.84. The van der Waals surface area contributed by atoms with Crippen LogP contribution in [-0.4, -0.2) is 49.1 Å². The maximum absolute atomic E-state index is 12.5. The van der Waals surface area contributed by atoms with E-state index in [4.69, 9.17) is 0 Å². The molecule has 1 atom stereocenters. The first-order valence-electron chi connectivity index (χ1n) is 8.05. The monoisotopic (exact) mass is 355 g/mol. The molecule has 0 unspecified atom stereocenters. The predicted molar refractivity (Wildman–Crippen MR) is 95.4 cm³/mol. The van der Waals surface area contributed by atoms with Crippen molar-refractivity contribution >= 4 is 27.5 Å². The van der Waals surface area contributed by atoms with Gasteiger partial charge in [0, 0.05) is 29.7 Å². The van der Waals surface area contributed by atoms with E-state index in [2.05, 4.69) is 12.1 Å². The van der Waals surface area contributed by atoms with Gasteiger partial charge in [0.25, 0.3) is 0 Å². The molecule has 1 aliphatic rings. The van der Waals surface area contributed by atoms with Crippen LogP contribution in [-0.2, 0) is 14.6 Å². The zero-order chi connectivity index (χ0) is 16.9. The quantitative estimate of drug-likeness (QED) is 0.706. The molecule has 1 aromatic rings. The van der Waals surface area contributed by atoms with E-state index in [0.29, 0.717) is 19.4 Å². The van der Waals surface area contributed by atoms with Gasteiger partial charge in [-0.25, -0.2) is 8.42 Å². The largest absolute Gasteiger partial charge is 0.339 e. The van der Waals surface area contributed by atoms with Crippen molar-refractivity contribution in [2.24, 2.45) is 5.92 Å². The third-order valence-electron chi connectivity index (χ3n) is 4.08. The van der Waals surface area contributed by atoms with E-state index in [1.165, 1.54) is 4.90 Å². The summed E-state index contributed by atoms with van der Waals surface area (Å²) in [5.41, 5.74) is 0. The smallest absolute Gasteiger partial charge is 0.223 e. The van der Waals surface area contributed by atoms with Gasteiger partial charge in [-0.05, 0) is 38.3 Å². The molecule has 0 aromatic heterocycles. The van der Waals surface area contributed by atoms with Crippen LogP contribution >= 0.6 is 11.8 Å². The first kappa shape index (κ1) is 18.3. The lowest BCUT2D eigenvalue weighted by atomic mass is 10.0. The van der Waals surface area contributed by atoms with Crippen LogP contribution in [0.2, 0.25) is 0 Å². The Kier molecular flexibility index (Phi) is 6.53. The Morgan fingerprint density at radius 3 is 2.57 bits per heavy atom. The van der Waals surface area contributed by atoms with Gasteiger partial charge in [-0.3, -0.25) is 4.79 Å². The molecule has 6 heteroatoms. The maximum Gasteiger partial charge on any atom is 0.223 e. The molecule has 2 rings (SSSR count). The summed E-state index contributed by atoms with van der Waals surface area (Å²) in [4.78, 5) is 15.6. The molecule has 0 saturated carbocycles. The maximum atomic E-state index is 12.5. The summed E-state index contributed by atoms with van der Waals surface area (Å²) in [6, 6.07) is 10.3. The second kappa shape index (κ2) is 8.20. The van der Waals surface area contributed by atoms with Gasteiger partial charge in [-0.1, -0.05) is 18.2 Å². The molecule has 0 radical (unpaired) electrons. The topological polar surface area (TPSA) is 54.5 Å². The number of amides is 1. The Bertz CT molecular complexity index is 614. The molecular weight excluding hydrogens is 330 g/mol. The number of hydrogen-bond acceptors (Lipinski definition) is 4. The van der Waals surface area contributed by atoms with Crippen molar-refractivity contribution in [2.75, 3.05) is 23.8 Å². The SMILES string of the molecule is CC(C)N(CCSc1ccccc1)C(=O)C[C@H]1CCS(=O)(=O)C1. The standard InChI is InChI=1S/C17H25NO3S2/c1-14(2)18(9-10-22-16-6-4-3-5-7-16)17(19)12-15-8-11-23(20,21)13-15/h3-7,14-15H,8-13H2,1-2H3/t15-/m1/s1. The van der Waals surface area contributed by atoms with Crippen molar-refractivity contribution in [2.45, 2.75) is 37.6 Å². The highest BCUT2D eigenvalue weighted by atomic mass is 32.2. The third-order valence-corrected chi connectivity index (χ3v) is 6.91. The number of sulfone groups is 1. The third kappa shape index (κ3) is 5.84. The number of rotatable bonds is 7. The Morgan fingerprint density at radius 1 is 1.30 bits per heavy atom. The van der Waals surface area contributed by atoms with E-state index in [-0.39, 0.29) is 29.4 Å². The molecule has 1 heterocycles. The summed E-state index contributed by atoms with van der Waals surface area (Å²) in [7, 11) is -2.91. The zero-order valence-corrected chi connectivity index (χ0v) is 15.4. The summed E-state index contributed by atoms with van der Waals surface area (Å²) in [5, 5.41) is 0. The van der Waals surface area contributed by atoms with Crippen molar-refractivity contribution in [3.05, 3.63) is 30.3 Å². The average molecular weight is 356 g/mol. The van der Waals surface area contributed by atoms with Crippen molar-refractivity contribution < 1.29 is 13.2 Å². The fourth-order valence-corrected chi connectivity index (χ4v) is 5.58. The molecule has 1 aliphatic heterocycles. The lowest BCUT2D eigenvalue weighted by Gasteiger charge is -2.27. The van der Waals surface area contributed by atoms with Gasteiger partial charge >= 0.3 is 0 Å². The van der Waals surface area contributed by atoms with E-state index in [0.717, 1.165) is 5.75 Å². The second-order valence-electron chi connectivity index (χ2n) is 6.32. The summed E-state index contributed by atoms with van der Waals surface area (Å²) < 4.78 is 23.1. The zero-order valence-electron chi connectivity index (χ0n) is 13.8. The summed E-state index contributed by atoms with van der Waals surface area (Å²) in [5.74, 6) is 1.32. The normalized spacial score (nSPS) is 19.9. The lowest BCUT2D eigenvalue weighted by Crippen LogP contribution is -2.39. The van der Waals surface area contributed by atoms with Crippen LogP contribution in [0.5, 0.6) is 0 Å². The molecule has 0 aliphatic carbocycles. The minimum atomic E-state index is -2.91. The summed E-state index contributed by atoms with van der Waals surface area (Å²) in [6.07, 6.45) is 0.978. The molecule has 0 spiro atoms. The van der Waals surface area contributed by atoms with Gasteiger partial charge in [0.15, 0.2) is 9.84 Å². The van der Waals surface area contributed by atoms with E-state index in [1.54, 1.807) is 11.8 Å². The van der Waals surface area contributed by atoms with Gasteiger partial charge in [-0.2, -0.15) is 0 Å². The van der Waals surface area contributed by atoms with Crippen LogP contribution in [0, 0.1) is 5.92 Å². The number of hydrogen-bond donors (Lipinski definition) is 0. The Labute approximate surface area is 143 Å². The first-order chi connectivity index (χ1) is 10.9. The number of nitrogens with zero attached hydrogens (tertiary/aromatic N) is 1. The number of carbonyl (C=O) groups excluding carboxylic acids is 1. The van der Waals surface area contributed by atoms with Crippen molar-refractivity contribution in [3.63, 3.8) is 0 Å². The van der Waals surface area contributed by atoms with Gasteiger partial charge in [0.2, 0.25) is 5.91 Å². The molecule has 23 heavy (non-hydrogen) atoms. The van der Waals surface area contributed by atoms with Crippen LogP contribution in [0.1, 0.15) is 26.7 Å². The highest BCUT2D eigenvalue weighted by Crippen LogP contribution is 2.23. The van der Waals surface area contributed by atoms with Crippen LogP contribution in [0.15, 0.2) is 35.2 Å². The lowest BCUT2D eigenvalue weighted by molar-refractivity contribution is -0.133. The van der Waals surface area contributed by atoms with Crippen LogP contribution in [0.4, 0.5) is 0 Å². The fourth-order valence-electron chi connectivity index (χ4n) is 2.85. The molecule has 128 valence electrons. The molecule has 4 nitrogen and oxygen atoms in total. The minimum absolute atomic E-state index is 0.00414. The Morgan fingerprint density at radius 2 is 2.00 bits per heavy atom. The van der Waals surface area contributed by atoms with Crippen LogP contribution in [0.3, 0.4) is 0 Å². The van der Waals surface area contributed by atoms with E-state index in [9.17, 15) is 13.2 Å². The average Bonchev–Trinajstić information content (AvgIpc) is 2.83. The van der Waals surface area contributed by atoms with Crippen LogP contribution < -0.4 is 0 Å². The second-order valence-corrected chi connectivity index (χ2v) is 9.71. The number of thioether (sulfide) groups is 1.